The van der Waals surface area contributed by atoms with Gasteiger partial charge in [0.2, 0.25) is 45.7 Å². The third-order valence-corrected chi connectivity index (χ3v) is 11.3. The number of hydrogen-bond donors (Lipinski definition) is 10. The predicted octanol–water partition coefficient (Wildman–Crippen LogP) is 4.25. The van der Waals surface area contributed by atoms with Crippen molar-refractivity contribution in [2.45, 2.75) is 19.6 Å². The first kappa shape index (κ1) is 44.9. The molecule has 0 radical (unpaired) electrons. The van der Waals surface area contributed by atoms with E-state index >= 15 is 0 Å². The van der Waals surface area contributed by atoms with Gasteiger partial charge in [0, 0.05) is 41.7 Å². The first-order valence-corrected chi connectivity index (χ1v) is 22.4. The molecule has 0 saturated heterocycles. The summed E-state index contributed by atoms with van der Waals surface area (Å²) >= 11 is 0.896. The minimum atomic E-state index is -4.89. The molecule has 4 aromatic carbocycles. The third kappa shape index (κ3) is 12.0. The second kappa shape index (κ2) is 19.0. The van der Waals surface area contributed by atoms with Gasteiger partial charge in [0.15, 0.2) is 0 Å². The van der Waals surface area contributed by atoms with Crippen LogP contribution in [0.15, 0.2) is 105 Å². The second-order valence-electron chi connectivity index (χ2n) is 12.2. The molecule has 62 heavy (non-hydrogen) atoms. The molecule has 24 nitrogen and oxygen atoms in total. The number of aromatic nitrogens is 6. The molecule has 0 atom stereocenters. The fourth-order valence-corrected chi connectivity index (χ4v) is 7.52. The number of anilines is 10. The molecular weight excluding hydrogens is 893 g/mol. The summed E-state index contributed by atoms with van der Waals surface area (Å²) in [6.45, 7) is 0. The van der Waals surface area contributed by atoms with Crippen molar-refractivity contribution < 1.29 is 43.7 Å². The maximum atomic E-state index is 12.6. The first-order chi connectivity index (χ1) is 29.4. The zero-order chi connectivity index (χ0) is 44.7. The number of nitrogens with two attached hydrogens (primary N) is 2. The number of rotatable bonds is 18. The zero-order valence-corrected chi connectivity index (χ0v) is 35.1. The average molecular weight is 927 g/mol. The summed E-state index contributed by atoms with van der Waals surface area (Å²) in [7, 11) is -10.5. The van der Waals surface area contributed by atoms with Gasteiger partial charge in [-0.15, -0.1) is 9.32 Å². The third-order valence-electron chi connectivity index (χ3n) is 7.97. The van der Waals surface area contributed by atoms with E-state index in [4.69, 9.17) is 11.0 Å². The van der Waals surface area contributed by atoms with Crippen molar-refractivity contribution in [2.24, 2.45) is 11.0 Å². The molecule has 324 valence electrons. The van der Waals surface area contributed by atoms with Gasteiger partial charge in [-0.3, -0.25) is 9.11 Å². The molecule has 0 aliphatic heterocycles. The van der Waals surface area contributed by atoms with Crippen molar-refractivity contribution in [1.82, 2.24) is 29.9 Å². The SMILES string of the molecule is CNc1nc(Nc2ccc(SOON)cc2)nc(Nc2ccc(/C=C/c3ccc(Nc4nc(NC)nc(Nc5ccc(S(N)(=O)=O)cc5)n4)cc3S(=O)(=O)O)c(S(=O)(=O)O)c2)n1. The molecule has 0 saturated carbocycles. The Balaban J connectivity index is 1.23. The lowest BCUT2D eigenvalue weighted by Gasteiger charge is -2.12. The first-order valence-electron chi connectivity index (χ1n) is 17.2. The standard InChI is InChI=1S/C34H34N14O10S4/c1-37-29-43-31(39-21-9-13-25(14-10-21)59-58-57-35)47-33(45-29)41-23-7-5-19(27(17-23)61(51,52)53)3-4-20-6-8-24(18-28(20)62(54,55)56)42-34-46-30(38-2)44-32(48-34)40-22-11-15-26(16-12-22)60(36,49)50/h3-18H,35H2,1-2H3,(H2,36,49,50)(H,51,52,53)(H,54,55,56)(H3,37,39,41,43,45,47)(H3,38,40,42,44,46,48)/b4-3+. The number of benzene rings is 4. The van der Waals surface area contributed by atoms with Crippen LogP contribution in [-0.4, -0.2) is 78.4 Å². The van der Waals surface area contributed by atoms with E-state index in [-0.39, 0.29) is 63.1 Å². The summed E-state index contributed by atoms with van der Waals surface area (Å²) in [5, 5.41) is 22.4. The molecule has 6 aromatic rings. The average Bonchev–Trinajstić information content (AvgIpc) is 3.22. The van der Waals surface area contributed by atoms with Gasteiger partial charge >= 0.3 is 0 Å². The molecule has 0 fully saturated rings. The Morgan fingerprint density at radius 1 is 0.548 bits per heavy atom. The van der Waals surface area contributed by atoms with Gasteiger partial charge in [-0.05, 0) is 83.9 Å². The van der Waals surface area contributed by atoms with E-state index in [0.717, 1.165) is 24.2 Å². The summed E-state index contributed by atoms with van der Waals surface area (Å²) in [4.78, 5) is 29.1. The topological polar surface area (TPSA) is 363 Å². The van der Waals surface area contributed by atoms with Gasteiger partial charge in [-0.25, -0.2) is 13.6 Å². The summed E-state index contributed by atoms with van der Waals surface area (Å²) < 4.78 is 98.6. The Kier molecular flexibility index (Phi) is 13.8. The highest BCUT2D eigenvalue weighted by Crippen LogP contribution is 2.29. The van der Waals surface area contributed by atoms with Crippen molar-refractivity contribution in [1.29, 1.82) is 0 Å². The van der Waals surface area contributed by atoms with Gasteiger partial charge in [0.1, 0.15) is 9.79 Å². The van der Waals surface area contributed by atoms with Crippen molar-refractivity contribution >= 4 is 113 Å². The summed E-state index contributed by atoms with van der Waals surface area (Å²) in [6, 6.07) is 20.1. The van der Waals surface area contributed by atoms with Crippen molar-refractivity contribution in [3.8, 4) is 0 Å². The second-order valence-corrected chi connectivity index (χ2v) is 17.4. The fraction of sp³-hybridized carbons (Fsp3) is 0.0588. The Morgan fingerprint density at radius 3 is 1.26 bits per heavy atom. The quantitative estimate of drug-likeness (QED) is 0.0189. The Hall–Kier alpha value is -6.60. The van der Waals surface area contributed by atoms with Gasteiger partial charge in [0.25, 0.3) is 20.2 Å². The van der Waals surface area contributed by atoms with E-state index in [9.17, 15) is 34.4 Å². The van der Waals surface area contributed by atoms with Crippen LogP contribution in [0.4, 0.5) is 58.4 Å². The van der Waals surface area contributed by atoms with Crippen LogP contribution in [0.2, 0.25) is 0 Å². The fourth-order valence-electron chi connectivity index (χ4n) is 5.22. The van der Waals surface area contributed by atoms with Crippen LogP contribution in [0.25, 0.3) is 12.2 Å². The van der Waals surface area contributed by atoms with Crippen molar-refractivity contribution in [2.75, 3.05) is 46.0 Å². The molecule has 0 aliphatic carbocycles. The van der Waals surface area contributed by atoms with E-state index in [0.29, 0.717) is 16.3 Å². The van der Waals surface area contributed by atoms with Crippen LogP contribution < -0.4 is 42.9 Å². The normalized spacial score (nSPS) is 11.9. The maximum Gasteiger partial charge on any atom is 0.295 e. The number of nitrogens with one attached hydrogen (secondary N) is 6. The highest BCUT2D eigenvalue weighted by Gasteiger charge is 2.19. The lowest BCUT2D eigenvalue weighted by atomic mass is 10.1. The van der Waals surface area contributed by atoms with Crippen LogP contribution in [0.3, 0.4) is 0 Å². The lowest BCUT2D eigenvalue weighted by Crippen LogP contribution is -2.12. The summed E-state index contributed by atoms with van der Waals surface area (Å²) in [5.74, 6) is 5.18. The summed E-state index contributed by atoms with van der Waals surface area (Å²) in [6.07, 6.45) is 2.45. The predicted molar refractivity (Wildman–Crippen MR) is 230 cm³/mol. The summed E-state index contributed by atoms with van der Waals surface area (Å²) in [5.41, 5.74) is 1.14. The Bertz CT molecular complexity index is 2970. The highest BCUT2D eigenvalue weighted by molar-refractivity contribution is 7.94. The number of nitrogens with zero attached hydrogens (tertiary/aromatic N) is 6. The minimum absolute atomic E-state index is 0.00688. The maximum absolute atomic E-state index is 12.6. The van der Waals surface area contributed by atoms with E-state index < -0.39 is 40.1 Å². The molecule has 0 aliphatic rings. The van der Waals surface area contributed by atoms with E-state index in [2.05, 4.69) is 71.1 Å². The molecule has 0 bridgehead atoms. The van der Waals surface area contributed by atoms with Gasteiger partial charge < -0.3 is 31.9 Å². The molecule has 2 aromatic heterocycles. The molecule has 0 spiro atoms. The van der Waals surface area contributed by atoms with E-state index in [1.807, 2.05) is 0 Å². The van der Waals surface area contributed by atoms with Crippen LogP contribution in [0.1, 0.15) is 11.1 Å². The Morgan fingerprint density at radius 2 is 0.903 bits per heavy atom. The monoisotopic (exact) mass is 926 g/mol. The molecule has 12 N–H and O–H groups in total. The zero-order valence-electron chi connectivity index (χ0n) is 31.9. The largest absolute Gasteiger partial charge is 0.357 e. The smallest absolute Gasteiger partial charge is 0.295 e. The van der Waals surface area contributed by atoms with E-state index in [1.54, 1.807) is 38.4 Å². The molecular formula is C34H34N14O10S4. The van der Waals surface area contributed by atoms with Gasteiger partial charge in [-0.2, -0.15) is 52.6 Å². The van der Waals surface area contributed by atoms with E-state index in [1.165, 1.54) is 60.7 Å². The molecule has 0 amide bonds. The van der Waals surface area contributed by atoms with Crippen molar-refractivity contribution in [3.05, 3.63) is 96.1 Å². The number of hydrogen-bond acceptors (Lipinski definition) is 22. The lowest BCUT2D eigenvalue weighted by molar-refractivity contribution is -0.195. The van der Waals surface area contributed by atoms with Gasteiger partial charge in [-0.1, -0.05) is 24.3 Å². The molecule has 2 heterocycles. The number of primary sulfonamides is 1. The van der Waals surface area contributed by atoms with Crippen LogP contribution >= 0.6 is 12.0 Å². The molecule has 28 heteroatoms. The molecule has 0 unspecified atom stereocenters. The van der Waals surface area contributed by atoms with Gasteiger partial charge in [0.05, 0.1) is 16.9 Å². The highest BCUT2D eigenvalue weighted by atomic mass is 32.2. The Labute approximate surface area is 357 Å². The van der Waals surface area contributed by atoms with Crippen LogP contribution in [-0.2, 0) is 39.6 Å². The minimum Gasteiger partial charge on any atom is -0.357 e. The van der Waals surface area contributed by atoms with Crippen molar-refractivity contribution in [3.63, 3.8) is 0 Å². The molecule has 6 rings (SSSR count). The van der Waals surface area contributed by atoms with Crippen LogP contribution in [0.5, 0.6) is 0 Å². The van der Waals surface area contributed by atoms with Crippen LogP contribution in [0, 0.1) is 0 Å². The number of sulfonamides is 1.